The zero-order chi connectivity index (χ0) is 13.8. The predicted molar refractivity (Wildman–Crippen MR) is 71.4 cm³/mol. The molecule has 0 saturated heterocycles. The molecule has 0 saturated carbocycles. The van der Waals surface area contributed by atoms with E-state index in [1.807, 2.05) is 6.92 Å². The molecule has 1 atom stereocenters. The van der Waals surface area contributed by atoms with Crippen LogP contribution in [0.3, 0.4) is 0 Å². The molecule has 0 amide bonds. The lowest BCUT2D eigenvalue weighted by molar-refractivity contribution is 0.229. The highest BCUT2D eigenvalue weighted by Gasteiger charge is 2.06. The third-order valence-corrected chi connectivity index (χ3v) is 2.92. The van der Waals surface area contributed by atoms with E-state index < -0.39 is 6.10 Å². The first-order valence-corrected chi connectivity index (χ1v) is 5.94. The van der Waals surface area contributed by atoms with Gasteiger partial charge in [0, 0.05) is 0 Å². The van der Waals surface area contributed by atoms with Crippen LogP contribution in [-0.4, -0.2) is 5.11 Å². The molecule has 0 bridgehead atoms. The van der Waals surface area contributed by atoms with E-state index in [1.165, 1.54) is 36.4 Å². The number of hydrogen-bond acceptors (Lipinski definition) is 1. The molecule has 0 aliphatic carbocycles. The summed E-state index contributed by atoms with van der Waals surface area (Å²) in [5.41, 5.74) is 2.28. The van der Waals surface area contributed by atoms with Crippen molar-refractivity contribution in [2.45, 2.75) is 13.0 Å². The van der Waals surface area contributed by atoms with Gasteiger partial charge in [-0.05, 0) is 54.0 Å². The van der Waals surface area contributed by atoms with E-state index in [-0.39, 0.29) is 11.6 Å². The van der Waals surface area contributed by atoms with Gasteiger partial charge in [0.2, 0.25) is 0 Å². The molecule has 19 heavy (non-hydrogen) atoms. The van der Waals surface area contributed by atoms with Crippen LogP contribution < -0.4 is 0 Å². The Kier molecular flexibility index (Phi) is 4.07. The standard InChI is InChI=1S/C16H14F2O/c1-11(12-2-6-14(17)7-3-12)10-16(19)13-4-8-15(18)9-5-13/h2-10,16,19H,1H3/b11-10+. The van der Waals surface area contributed by atoms with Gasteiger partial charge in [0.1, 0.15) is 11.6 Å². The summed E-state index contributed by atoms with van der Waals surface area (Å²) >= 11 is 0. The van der Waals surface area contributed by atoms with E-state index >= 15 is 0 Å². The lowest BCUT2D eigenvalue weighted by Gasteiger charge is -2.08. The Morgan fingerprint density at radius 1 is 0.947 bits per heavy atom. The molecule has 0 spiro atoms. The lowest BCUT2D eigenvalue weighted by Crippen LogP contribution is -1.94. The number of benzene rings is 2. The zero-order valence-corrected chi connectivity index (χ0v) is 10.5. The number of hydrogen-bond donors (Lipinski definition) is 1. The van der Waals surface area contributed by atoms with E-state index in [9.17, 15) is 13.9 Å². The molecule has 0 fully saturated rings. The van der Waals surface area contributed by atoms with Crippen LogP contribution in [0.25, 0.3) is 5.57 Å². The Bertz CT molecular complexity index is 571. The van der Waals surface area contributed by atoms with Crippen molar-refractivity contribution in [1.29, 1.82) is 0 Å². The minimum Gasteiger partial charge on any atom is -0.384 e. The fraction of sp³-hybridized carbons (Fsp3) is 0.125. The normalized spacial score (nSPS) is 13.4. The van der Waals surface area contributed by atoms with Gasteiger partial charge in [0.05, 0.1) is 6.10 Å². The molecule has 1 unspecified atom stereocenters. The minimum absolute atomic E-state index is 0.296. The molecule has 0 aromatic heterocycles. The molecule has 2 aromatic carbocycles. The number of aliphatic hydroxyl groups excluding tert-OH is 1. The van der Waals surface area contributed by atoms with Gasteiger partial charge in [-0.15, -0.1) is 0 Å². The van der Waals surface area contributed by atoms with Crippen LogP contribution in [0.2, 0.25) is 0 Å². The molecular weight excluding hydrogens is 246 g/mol. The van der Waals surface area contributed by atoms with E-state index in [4.69, 9.17) is 0 Å². The average Bonchev–Trinajstić information content (AvgIpc) is 2.40. The Labute approximate surface area is 110 Å². The molecule has 2 rings (SSSR count). The minimum atomic E-state index is -0.814. The van der Waals surface area contributed by atoms with Crippen LogP contribution in [0.5, 0.6) is 0 Å². The molecule has 1 N–H and O–H groups in total. The van der Waals surface area contributed by atoms with Crippen molar-refractivity contribution in [3.63, 3.8) is 0 Å². The topological polar surface area (TPSA) is 20.2 Å². The summed E-state index contributed by atoms with van der Waals surface area (Å²) in [6, 6.07) is 11.7. The number of aliphatic hydroxyl groups is 1. The average molecular weight is 260 g/mol. The molecule has 0 radical (unpaired) electrons. The summed E-state index contributed by atoms with van der Waals surface area (Å²) in [5.74, 6) is -0.634. The highest BCUT2D eigenvalue weighted by molar-refractivity contribution is 5.64. The smallest absolute Gasteiger partial charge is 0.123 e. The van der Waals surface area contributed by atoms with E-state index in [1.54, 1.807) is 18.2 Å². The van der Waals surface area contributed by atoms with Gasteiger partial charge >= 0.3 is 0 Å². The number of halogens is 2. The van der Waals surface area contributed by atoms with Crippen LogP contribution in [0.1, 0.15) is 24.2 Å². The van der Waals surface area contributed by atoms with Crippen LogP contribution in [-0.2, 0) is 0 Å². The van der Waals surface area contributed by atoms with E-state index in [0.717, 1.165) is 11.1 Å². The molecular formula is C16H14F2O. The van der Waals surface area contributed by atoms with E-state index in [0.29, 0.717) is 5.56 Å². The molecule has 3 heteroatoms. The van der Waals surface area contributed by atoms with Crippen molar-refractivity contribution in [2.75, 3.05) is 0 Å². The maximum absolute atomic E-state index is 12.8. The van der Waals surface area contributed by atoms with Crippen molar-refractivity contribution in [1.82, 2.24) is 0 Å². The quantitative estimate of drug-likeness (QED) is 0.880. The fourth-order valence-corrected chi connectivity index (χ4v) is 1.80. The summed E-state index contributed by atoms with van der Waals surface area (Å²) in [6.45, 7) is 1.83. The molecule has 2 aromatic rings. The second kappa shape index (κ2) is 5.76. The first-order chi connectivity index (χ1) is 9.06. The second-order valence-electron chi connectivity index (χ2n) is 4.35. The van der Waals surface area contributed by atoms with Crippen LogP contribution in [0.15, 0.2) is 54.6 Å². The lowest BCUT2D eigenvalue weighted by atomic mass is 10.0. The largest absolute Gasteiger partial charge is 0.384 e. The predicted octanol–water partition coefficient (Wildman–Crippen LogP) is 4.10. The summed E-state index contributed by atoms with van der Waals surface area (Å²) in [4.78, 5) is 0. The van der Waals surface area contributed by atoms with Gasteiger partial charge in [0.25, 0.3) is 0 Å². The Hall–Kier alpha value is -2.00. The monoisotopic (exact) mass is 260 g/mol. The number of rotatable bonds is 3. The zero-order valence-electron chi connectivity index (χ0n) is 10.5. The maximum atomic E-state index is 12.8. The Morgan fingerprint density at radius 3 is 1.95 bits per heavy atom. The van der Waals surface area contributed by atoms with Crippen molar-refractivity contribution in [2.24, 2.45) is 0 Å². The molecule has 1 nitrogen and oxygen atoms in total. The molecule has 98 valence electrons. The molecule has 0 aliphatic rings. The van der Waals surface area contributed by atoms with Gasteiger partial charge in [-0.2, -0.15) is 0 Å². The fourth-order valence-electron chi connectivity index (χ4n) is 1.80. The van der Waals surface area contributed by atoms with Gasteiger partial charge in [-0.3, -0.25) is 0 Å². The van der Waals surface area contributed by atoms with Gasteiger partial charge < -0.3 is 5.11 Å². The van der Waals surface area contributed by atoms with Crippen molar-refractivity contribution in [3.05, 3.63) is 77.4 Å². The van der Waals surface area contributed by atoms with Crippen molar-refractivity contribution in [3.8, 4) is 0 Å². The summed E-state index contributed by atoms with van der Waals surface area (Å²) in [7, 11) is 0. The van der Waals surface area contributed by atoms with Crippen LogP contribution in [0.4, 0.5) is 8.78 Å². The third kappa shape index (κ3) is 3.48. The van der Waals surface area contributed by atoms with E-state index in [2.05, 4.69) is 0 Å². The summed E-state index contributed by atoms with van der Waals surface area (Å²) in [5, 5.41) is 10.0. The summed E-state index contributed by atoms with van der Waals surface area (Å²) in [6.07, 6.45) is 0.839. The van der Waals surface area contributed by atoms with Gasteiger partial charge in [-0.1, -0.05) is 24.3 Å². The first-order valence-electron chi connectivity index (χ1n) is 5.94. The highest BCUT2D eigenvalue weighted by atomic mass is 19.1. The number of allylic oxidation sites excluding steroid dienone is 1. The summed E-state index contributed by atoms with van der Waals surface area (Å²) < 4.78 is 25.6. The maximum Gasteiger partial charge on any atom is 0.123 e. The third-order valence-electron chi connectivity index (χ3n) is 2.92. The van der Waals surface area contributed by atoms with Crippen molar-refractivity contribution >= 4 is 5.57 Å². The molecule has 0 aliphatic heterocycles. The second-order valence-corrected chi connectivity index (χ2v) is 4.35. The molecule has 0 heterocycles. The Morgan fingerprint density at radius 2 is 1.42 bits per heavy atom. The van der Waals surface area contributed by atoms with Crippen molar-refractivity contribution < 1.29 is 13.9 Å². The SMILES string of the molecule is C/C(=C\C(O)c1ccc(F)cc1)c1ccc(F)cc1. The van der Waals surface area contributed by atoms with Crippen LogP contribution in [0, 0.1) is 11.6 Å². The highest BCUT2D eigenvalue weighted by Crippen LogP contribution is 2.21. The first kappa shape index (κ1) is 13.4. The van der Waals surface area contributed by atoms with Crippen LogP contribution >= 0.6 is 0 Å². The van der Waals surface area contributed by atoms with Gasteiger partial charge in [0.15, 0.2) is 0 Å². The van der Waals surface area contributed by atoms with Gasteiger partial charge in [-0.25, -0.2) is 8.78 Å². The Balaban J connectivity index is 2.20.